The Hall–Kier alpha value is -1.46. The molecule has 0 amide bonds. The number of hydrogen-bond acceptors (Lipinski definition) is 6. The van der Waals surface area contributed by atoms with E-state index >= 15 is 0 Å². The zero-order valence-electron chi connectivity index (χ0n) is 10.4. The van der Waals surface area contributed by atoms with Crippen LogP contribution in [0, 0.1) is 11.8 Å². The Balaban J connectivity index is 2.41. The highest BCUT2D eigenvalue weighted by Gasteiger charge is 2.02. The summed E-state index contributed by atoms with van der Waals surface area (Å²) >= 11 is 0. The first kappa shape index (κ1) is 12.6. The van der Waals surface area contributed by atoms with Crippen LogP contribution in [0.5, 0.6) is 0 Å². The van der Waals surface area contributed by atoms with Crippen LogP contribution in [0.1, 0.15) is 27.7 Å². The number of anilines is 2. The zero-order chi connectivity index (χ0) is 12.0. The van der Waals surface area contributed by atoms with Crippen molar-refractivity contribution in [3.05, 3.63) is 0 Å². The molecule has 0 aromatic carbocycles. The molecule has 0 unspecified atom stereocenters. The maximum atomic E-state index is 3.93. The normalized spacial score (nSPS) is 10.9. The van der Waals surface area contributed by atoms with Crippen LogP contribution in [0.4, 0.5) is 11.9 Å². The molecule has 0 bridgehead atoms. The highest BCUT2D eigenvalue weighted by molar-refractivity contribution is 5.25. The van der Waals surface area contributed by atoms with Crippen molar-refractivity contribution in [2.24, 2.45) is 11.8 Å². The third kappa shape index (κ3) is 4.86. The molecule has 90 valence electrons. The molecular formula is C10H20N6. The van der Waals surface area contributed by atoms with E-state index in [1.165, 1.54) is 0 Å². The Kier molecular flexibility index (Phi) is 4.88. The fourth-order valence-electron chi connectivity index (χ4n) is 0.962. The van der Waals surface area contributed by atoms with Gasteiger partial charge < -0.3 is 10.6 Å². The van der Waals surface area contributed by atoms with Gasteiger partial charge in [-0.3, -0.25) is 0 Å². The number of nitrogens with zero attached hydrogens (tertiary/aromatic N) is 4. The maximum absolute atomic E-state index is 3.93. The maximum Gasteiger partial charge on any atom is 0.262 e. The molecule has 1 aromatic rings. The molecule has 0 atom stereocenters. The van der Waals surface area contributed by atoms with Crippen molar-refractivity contribution >= 4 is 11.9 Å². The summed E-state index contributed by atoms with van der Waals surface area (Å²) in [7, 11) is 0. The van der Waals surface area contributed by atoms with Gasteiger partial charge >= 0.3 is 0 Å². The Morgan fingerprint density at radius 3 is 1.31 bits per heavy atom. The van der Waals surface area contributed by atoms with E-state index in [9.17, 15) is 0 Å². The van der Waals surface area contributed by atoms with Crippen LogP contribution >= 0.6 is 0 Å². The summed E-state index contributed by atoms with van der Waals surface area (Å²) in [5.41, 5.74) is 0. The smallest absolute Gasteiger partial charge is 0.262 e. The third-order valence-electron chi connectivity index (χ3n) is 1.82. The molecule has 2 N–H and O–H groups in total. The van der Waals surface area contributed by atoms with Crippen molar-refractivity contribution in [1.29, 1.82) is 0 Å². The van der Waals surface area contributed by atoms with Crippen molar-refractivity contribution < 1.29 is 0 Å². The van der Waals surface area contributed by atoms with Gasteiger partial charge in [-0.1, -0.05) is 27.7 Å². The summed E-state index contributed by atoms with van der Waals surface area (Å²) < 4.78 is 0. The van der Waals surface area contributed by atoms with E-state index in [2.05, 4.69) is 58.7 Å². The van der Waals surface area contributed by atoms with E-state index in [1.807, 2.05) is 0 Å². The van der Waals surface area contributed by atoms with Gasteiger partial charge in [0.15, 0.2) is 0 Å². The fourth-order valence-corrected chi connectivity index (χ4v) is 0.962. The van der Waals surface area contributed by atoms with Crippen LogP contribution < -0.4 is 10.6 Å². The lowest BCUT2D eigenvalue weighted by atomic mass is 10.2. The summed E-state index contributed by atoms with van der Waals surface area (Å²) in [4.78, 5) is 0. The molecule has 0 aliphatic heterocycles. The molecule has 0 aliphatic carbocycles. The second-order valence-electron chi connectivity index (χ2n) is 4.60. The molecule has 0 spiro atoms. The first-order valence-corrected chi connectivity index (χ1v) is 5.63. The highest BCUT2D eigenvalue weighted by atomic mass is 15.4. The highest BCUT2D eigenvalue weighted by Crippen LogP contribution is 2.00. The van der Waals surface area contributed by atoms with Gasteiger partial charge in [0.05, 0.1) is 0 Å². The molecule has 0 saturated heterocycles. The molecule has 0 radical (unpaired) electrons. The lowest BCUT2D eigenvalue weighted by molar-refractivity contribution is 0.671. The van der Waals surface area contributed by atoms with Crippen LogP contribution in [0.25, 0.3) is 0 Å². The summed E-state index contributed by atoms with van der Waals surface area (Å²) in [6, 6.07) is 0. The average molecular weight is 224 g/mol. The van der Waals surface area contributed by atoms with E-state index in [-0.39, 0.29) is 0 Å². The van der Waals surface area contributed by atoms with Gasteiger partial charge in [0.1, 0.15) is 0 Å². The van der Waals surface area contributed by atoms with Crippen LogP contribution in [0.2, 0.25) is 0 Å². The van der Waals surface area contributed by atoms with Crippen molar-refractivity contribution in [2.75, 3.05) is 23.7 Å². The molecule has 16 heavy (non-hydrogen) atoms. The number of aromatic nitrogens is 4. The largest absolute Gasteiger partial charge is 0.351 e. The van der Waals surface area contributed by atoms with E-state index in [1.54, 1.807) is 0 Å². The number of rotatable bonds is 6. The Bertz CT molecular complexity index is 264. The third-order valence-corrected chi connectivity index (χ3v) is 1.82. The second kappa shape index (κ2) is 6.19. The number of nitrogens with one attached hydrogen (secondary N) is 2. The first-order chi connectivity index (χ1) is 7.58. The molecule has 1 rings (SSSR count). The summed E-state index contributed by atoms with van der Waals surface area (Å²) in [6.45, 7) is 10.1. The van der Waals surface area contributed by atoms with Gasteiger partial charge in [-0.05, 0) is 11.8 Å². The van der Waals surface area contributed by atoms with Crippen molar-refractivity contribution in [3.63, 3.8) is 0 Å². The zero-order valence-corrected chi connectivity index (χ0v) is 10.4. The van der Waals surface area contributed by atoms with Crippen molar-refractivity contribution in [3.8, 4) is 0 Å². The molecule has 0 aliphatic rings. The minimum Gasteiger partial charge on any atom is -0.351 e. The van der Waals surface area contributed by atoms with Gasteiger partial charge in [0.25, 0.3) is 11.9 Å². The van der Waals surface area contributed by atoms with E-state index < -0.39 is 0 Å². The first-order valence-electron chi connectivity index (χ1n) is 5.63. The molecular weight excluding hydrogens is 204 g/mol. The summed E-state index contributed by atoms with van der Waals surface area (Å²) in [6.07, 6.45) is 0. The monoisotopic (exact) mass is 224 g/mol. The van der Waals surface area contributed by atoms with Gasteiger partial charge in [0.2, 0.25) is 0 Å². The lowest BCUT2D eigenvalue weighted by Crippen LogP contribution is -2.15. The second-order valence-corrected chi connectivity index (χ2v) is 4.60. The number of hydrogen-bond donors (Lipinski definition) is 2. The topological polar surface area (TPSA) is 75.6 Å². The summed E-state index contributed by atoms with van der Waals surface area (Å²) in [5, 5.41) is 21.8. The van der Waals surface area contributed by atoms with Crippen molar-refractivity contribution in [1.82, 2.24) is 20.4 Å². The molecule has 6 heteroatoms. The van der Waals surface area contributed by atoms with Crippen LogP contribution in [0.3, 0.4) is 0 Å². The quantitative estimate of drug-likeness (QED) is 0.760. The van der Waals surface area contributed by atoms with Crippen LogP contribution in [-0.2, 0) is 0 Å². The van der Waals surface area contributed by atoms with Gasteiger partial charge in [0, 0.05) is 13.1 Å². The predicted octanol–water partition coefficient (Wildman–Crippen LogP) is 1.40. The molecule has 6 nitrogen and oxygen atoms in total. The molecule has 1 heterocycles. The van der Waals surface area contributed by atoms with Crippen molar-refractivity contribution in [2.45, 2.75) is 27.7 Å². The van der Waals surface area contributed by atoms with E-state index in [0.29, 0.717) is 23.7 Å². The molecule has 0 saturated carbocycles. The minimum absolute atomic E-state index is 0.476. The SMILES string of the molecule is CC(C)CNc1nnc(NCC(C)C)nn1. The molecule has 1 aromatic heterocycles. The predicted molar refractivity (Wildman–Crippen MR) is 64.3 cm³/mol. The van der Waals surface area contributed by atoms with E-state index in [4.69, 9.17) is 0 Å². The Labute approximate surface area is 96.3 Å². The van der Waals surface area contributed by atoms with Gasteiger partial charge in [-0.15, -0.1) is 20.4 Å². The van der Waals surface area contributed by atoms with Gasteiger partial charge in [-0.25, -0.2) is 0 Å². The lowest BCUT2D eigenvalue weighted by Gasteiger charge is -2.07. The minimum atomic E-state index is 0.476. The van der Waals surface area contributed by atoms with Crippen LogP contribution in [0.15, 0.2) is 0 Å². The Morgan fingerprint density at radius 1 is 0.750 bits per heavy atom. The standard InChI is InChI=1S/C10H20N6/c1-7(2)5-11-9-13-15-10(16-14-9)12-6-8(3)4/h7-8H,5-6H2,1-4H3,(H,11,13,14)(H,12,15,16). The summed E-state index contributed by atoms with van der Waals surface area (Å²) in [5.74, 6) is 2.04. The fraction of sp³-hybridized carbons (Fsp3) is 0.800. The Morgan fingerprint density at radius 2 is 1.06 bits per heavy atom. The molecule has 0 fully saturated rings. The van der Waals surface area contributed by atoms with Gasteiger partial charge in [-0.2, -0.15) is 0 Å². The van der Waals surface area contributed by atoms with E-state index in [0.717, 1.165) is 13.1 Å². The van der Waals surface area contributed by atoms with Crippen LogP contribution in [-0.4, -0.2) is 33.5 Å². The average Bonchev–Trinajstić information content (AvgIpc) is 2.25.